The second kappa shape index (κ2) is 8.17. The summed E-state index contributed by atoms with van der Waals surface area (Å²) in [6.45, 7) is 0.504. The number of methoxy groups -OCH3 is 1. The topological polar surface area (TPSA) is 89.4 Å². The standard InChI is InChI=1S/C17H23N3O4S/c1-18-25(22,23)15-11-16(20(2)12-15)17(21)19-10-4-5-13-6-8-14(24-3)9-7-13/h6-9,11-12,18H,4-5,10H2,1-3H3,(H,19,21). The molecule has 8 heteroatoms. The minimum atomic E-state index is -3.56. The third kappa shape index (κ3) is 4.83. The minimum absolute atomic E-state index is 0.0703. The molecule has 7 nitrogen and oxygen atoms in total. The summed E-state index contributed by atoms with van der Waals surface area (Å²) in [4.78, 5) is 12.3. The van der Waals surface area contributed by atoms with Crippen molar-refractivity contribution in [2.24, 2.45) is 7.05 Å². The normalized spacial score (nSPS) is 11.3. The van der Waals surface area contributed by atoms with E-state index >= 15 is 0 Å². The monoisotopic (exact) mass is 365 g/mol. The average Bonchev–Trinajstić information content (AvgIpc) is 3.02. The number of amides is 1. The molecule has 25 heavy (non-hydrogen) atoms. The highest BCUT2D eigenvalue weighted by Gasteiger charge is 2.18. The van der Waals surface area contributed by atoms with E-state index in [0.717, 1.165) is 24.2 Å². The van der Waals surface area contributed by atoms with Gasteiger partial charge in [-0.1, -0.05) is 12.1 Å². The lowest BCUT2D eigenvalue weighted by Gasteiger charge is -2.06. The number of hydrogen-bond acceptors (Lipinski definition) is 4. The van der Waals surface area contributed by atoms with Gasteiger partial charge in [0.15, 0.2) is 0 Å². The van der Waals surface area contributed by atoms with E-state index in [1.165, 1.54) is 23.9 Å². The summed E-state index contributed by atoms with van der Waals surface area (Å²) in [6.07, 6.45) is 3.03. The Morgan fingerprint density at radius 2 is 1.92 bits per heavy atom. The van der Waals surface area contributed by atoms with Crippen molar-refractivity contribution in [3.63, 3.8) is 0 Å². The van der Waals surface area contributed by atoms with Gasteiger partial charge in [-0.3, -0.25) is 4.79 Å². The average molecular weight is 365 g/mol. The smallest absolute Gasteiger partial charge is 0.267 e. The van der Waals surface area contributed by atoms with E-state index in [2.05, 4.69) is 10.0 Å². The molecule has 1 aromatic heterocycles. The third-order valence-corrected chi connectivity index (χ3v) is 5.26. The van der Waals surface area contributed by atoms with Crippen molar-refractivity contribution in [1.82, 2.24) is 14.6 Å². The van der Waals surface area contributed by atoms with Crippen LogP contribution in [0.25, 0.3) is 0 Å². The fourth-order valence-electron chi connectivity index (χ4n) is 2.40. The molecule has 2 N–H and O–H groups in total. The van der Waals surface area contributed by atoms with Crippen LogP contribution in [-0.4, -0.2) is 39.6 Å². The van der Waals surface area contributed by atoms with Gasteiger partial charge in [0.25, 0.3) is 5.91 Å². The Morgan fingerprint density at radius 1 is 1.24 bits per heavy atom. The second-order valence-corrected chi connectivity index (χ2v) is 7.47. The van der Waals surface area contributed by atoms with E-state index in [1.54, 1.807) is 14.2 Å². The molecule has 0 spiro atoms. The zero-order valence-corrected chi connectivity index (χ0v) is 15.4. The van der Waals surface area contributed by atoms with Gasteiger partial charge in [-0.05, 0) is 43.7 Å². The van der Waals surface area contributed by atoms with Gasteiger partial charge in [0.2, 0.25) is 10.0 Å². The molecule has 1 heterocycles. The van der Waals surface area contributed by atoms with Gasteiger partial charge in [0, 0.05) is 19.8 Å². The molecule has 136 valence electrons. The highest BCUT2D eigenvalue weighted by Crippen LogP contribution is 2.14. The summed E-state index contributed by atoms with van der Waals surface area (Å²) in [5, 5.41) is 2.82. The number of carbonyl (C=O) groups is 1. The molecule has 0 radical (unpaired) electrons. The summed E-state index contributed by atoms with van der Waals surface area (Å²) in [6, 6.07) is 9.16. The number of aryl methyl sites for hydroxylation is 2. The van der Waals surface area contributed by atoms with Crippen LogP contribution >= 0.6 is 0 Å². The Kier molecular flexibility index (Phi) is 6.22. The van der Waals surface area contributed by atoms with Gasteiger partial charge in [-0.25, -0.2) is 13.1 Å². The molecule has 0 bridgehead atoms. The highest BCUT2D eigenvalue weighted by atomic mass is 32.2. The molecule has 0 atom stereocenters. The molecule has 1 amide bonds. The predicted molar refractivity (Wildman–Crippen MR) is 95.3 cm³/mol. The fraction of sp³-hybridized carbons (Fsp3) is 0.353. The van der Waals surface area contributed by atoms with Crippen LogP contribution in [0.3, 0.4) is 0 Å². The highest BCUT2D eigenvalue weighted by molar-refractivity contribution is 7.89. The second-order valence-electron chi connectivity index (χ2n) is 5.59. The molecule has 2 aromatic rings. The van der Waals surface area contributed by atoms with Crippen LogP contribution in [-0.2, 0) is 23.5 Å². The molecule has 0 unspecified atom stereocenters. The Morgan fingerprint density at radius 3 is 2.52 bits per heavy atom. The van der Waals surface area contributed by atoms with Crippen LogP contribution in [0, 0.1) is 0 Å². The fourth-order valence-corrected chi connectivity index (χ4v) is 3.20. The van der Waals surface area contributed by atoms with Crippen LogP contribution in [0.1, 0.15) is 22.5 Å². The largest absolute Gasteiger partial charge is 0.497 e. The van der Waals surface area contributed by atoms with Crippen molar-refractivity contribution in [1.29, 1.82) is 0 Å². The van der Waals surface area contributed by atoms with Gasteiger partial charge in [0.1, 0.15) is 16.3 Å². The van der Waals surface area contributed by atoms with Crippen molar-refractivity contribution in [3.05, 3.63) is 47.8 Å². The lowest BCUT2D eigenvalue weighted by Crippen LogP contribution is -2.26. The van der Waals surface area contributed by atoms with Crippen molar-refractivity contribution in [2.75, 3.05) is 20.7 Å². The van der Waals surface area contributed by atoms with Crippen molar-refractivity contribution in [2.45, 2.75) is 17.7 Å². The summed E-state index contributed by atoms with van der Waals surface area (Å²) in [5.74, 6) is 0.517. The Hall–Kier alpha value is -2.32. The molecular weight excluding hydrogens is 342 g/mol. The number of rotatable bonds is 8. The van der Waals surface area contributed by atoms with Crippen LogP contribution in [0.15, 0.2) is 41.4 Å². The Bertz CT molecular complexity index is 826. The molecule has 0 aliphatic heterocycles. The number of nitrogens with one attached hydrogen (secondary N) is 2. The number of benzene rings is 1. The molecule has 0 aliphatic rings. The first-order valence-electron chi connectivity index (χ1n) is 7.88. The van der Waals surface area contributed by atoms with Crippen molar-refractivity contribution >= 4 is 15.9 Å². The van der Waals surface area contributed by atoms with Crippen molar-refractivity contribution in [3.8, 4) is 5.75 Å². The quantitative estimate of drug-likeness (QED) is 0.690. The van der Waals surface area contributed by atoms with E-state index < -0.39 is 10.0 Å². The first kappa shape index (κ1) is 19.0. The molecular formula is C17H23N3O4S. The number of sulfonamides is 1. The van der Waals surface area contributed by atoms with E-state index in [1.807, 2.05) is 24.3 Å². The van der Waals surface area contributed by atoms with Gasteiger partial charge < -0.3 is 14.6 Å². The number of aromatic nitrogens is 1. The van der Waals surface area contributed by atoms with Crippen LogP contribution in [0.2, 0.25) is 0 Å². The van der Waals surface area contributed by atoms with Gasteiger partial charge in [-0.2, -0.15) is 0 Å². The predicted octanol–water partition coefficient (Wildman–Crippen LogP) is 1.30. The lowest BCUT2D eigenvalue weighted by atomic mass is 10.1. The zero-order chi connectivity index (χ0) is 18.4. The summed E-state index contributed by atoms with van der Waals surface area (Å²) in [7, 11) is 1.04. The van der Waals surface area contributed by atoms with Gasteiger partial charge in [0.05, 0.1) is 7.11 Å². The number of ether oxygens (including phenoxy) is 1. The van der Waals surface area contributed by atoms with Gasteiger partial charge >= 0.3 is 0 Å². The third-order valence-electron chi connectivity index (χ3n) is 3.88. The number of carbonyl (C=O) groups excluding carboxylic acids is 1. The maximum Gasteiger partial charge on any atom is 0.267 e. The SMILES string of the molecule is CNS(=O)(=O)c1cc(C(=O)NCCCc2ccc(OC)cc2)n(C)c1. The van der Waals surface area contributed by atoms with E-state index in [0.29, 0.717) is 12.2 Å². The summed E-state index contributed by atoms with van der Waals surface area (Å²) < 4.78 is 32.4. The molecule has 0 aliphatic carbocycles. The Balaban J connectivity index is 1.88. The van der Waals surface area contributed by atoms with Crippen LogP contribution in [0.5, 0.6) is 5.75 Å². The molecule has 1 aromatic carbocycles. The van der Waals surface area contributed by atoms with E-state index in [-0.39, 0.29) is 10.8 Å². The minimum Gasteiger partial charge on any atom is -0.497 e. The molecule has 0 saturated carbocycles. The summed E-state index contributed by atoms with van der Waals surface area (Å²) in [5.41, 5.74) is 1.47. The van der Waals surface area contributed by atoms with E-state index in [4.69, 9.17) is 4.74 Å². The van der Waals surface area contributed by atoms with Crippen LogP contribution < -0.4 is 14.8 Å². The first-order chi connectivity index (χ1) is 11.9. The molecule has 0 fully saturated rings. The van der Waals surface area contributed by atoms with E-state index in [9.17, 15) is 13.2 Å². The number of hydrogen-bond donors (Lipinski definition) is 2. The lowest BCUT2D eigenvalue weighted by molar-refractivity contribution is 0.0945. The number of nitrogens with zero attached hydrogens (tertiary/aromatic N) is 1. The first-order valence-corrected chi connectivity index (χ1v) is 9.36. The maximum absolute atomic E-state index is 12.2. The van der Waals surface area contributed by atoms with Gasteiger partial charge in [-0.15, -0.1) is 0 Å². The molecule has 2 rings (SSSR count). The summed E-state index contributed by atoms with van der Waals surface area (Å²) >= 11 is 0. The van der Waals surface area contributed by atoms with Crippen molar-refractivity contribution < 1.29 is 17.9 Å². The Labute approximate surface area is 148 Å². The zero-order valence-electron chi connectivity index (χ0n) is 14.6. The molecule has 0 saturated heterocycles. The van der Waals surface area contributed by atoms with Crippen LogP contribution in [0.4, 0.5) is 0 Å². The maximum atomic E-state index is 12.2.